The van der Waals surface area contributed by atoms with Gasteiger partial charge >= 0.3 is 6.18 Å². The van der Waals surface area contributed by atoms with Crippen molar-refractivity contribution in [2.45, 2.75) is 19.0 Å². The number of hydrogen-bond donors (Lipinski definition) is 2. The maximum Gasteiger partial charge on any atom is 0.416 e. The Balaban J connectivity index is 2.30. The van der Waals surface area contributed by atoms with Crippen LogP contribution in [0.15, 0.2) is 53.3 Å². The molecule has 158 valence electrons. The quantitative estimate of drug-likeness (QED) is 0.619. The molecule has 0 fully saturated rings. The van der Waals surface area contributed by atoms with Gasteiger partial charge in [-0.3, -0.25) is 9.59 Å². The first kappa shape index (κ1) is 21.6. The predicted molar refractivity (Wildman–Crippen MR) is 106 cm³/mol. The number of aromatic nitrogens is 2. The number of nitrogens with two attached hydrogens (primary N) is 2. The molecule has 1 heterocycles. The Morgan fingerprint density at radius 3 is 2.39 bits per heavy atom. The standard InChI is InChI=1S/C21H16F3N5O2/c1-11(12-7-13(21(22,23)24)9-14(26)8-12)17-16(10-25)20(31)29(28-18(17)19(27)30)15-5-3-2-4-6-15/h2-9,11H,26H2,1H3,(H2,27,30)/t11-/m1/s1. The van der Waals surface area contributed by atoms with Crippen molar-refractivity contribution in [3.8, 4) is 11.8 Å². The monoisotopic (exact) mass is 427 g/mol. The third kappa shape index (κ3) is 4.11. The molecule has 1 amide bonds. The molecule has 0 aliphatic carbocycles. The Morgan fingerprint density at radius 1 is 1.19 bits per heavy atom. The molecular weight excluding hydrogens is 411 g/mol. The normalized spacial score (nSPS) is 12.2. The highest BCUT2D eigenvalue weighted by Gasteiger charge is 2.33. The van der Waals surface area contributed by atoms with Gasteiger partial charge in [0.05, 0.1) is 11.3 Å². The highest BCUT2D eigenvalue weighted by atomic mass is 19.4. The Hall–Kier alpha value is -4.13. The van der Waals surface area contributed by atoms with Crippen LogP contribution in [0.1, 0.15) is 45.6 Å². The van der Waals surface area contributed by atoms with Gasteiger partial charge in [0.2, 0.25) is 0 Å². The van der Waals surface area contributed by atoms with Gasteiger partial charge in [-0.25, -0.2) is 0 Å². The number of para-hydroxylation sites is 1. The summed E-state index contributed by atoms with van der Waals surface area (Å²) in [4.78, 5) is 25.1. The number of rotatable bonds is 4. The van der Waals surface area contributed by atoms with Gasteiger partial charge in [-0.2, -0.15) is 28.2 Å². The van der Waals surface area contributed by atoms with Crippen LogP contribution in [0.25, 0.3) is 5.69 Å². The van der Waals surface area contributed by atoms with Gasteiger partial charge in [0.1, 0.15) is 11.6 Å². The second-order valence-electron chi connectivity index (χ2n) is 6.77. The van der Waals surface area contributed by atoms with Crippen LogP contribution in [-0.2, 0) is 6.18 Å². The first-order valence-corrected chi connectivity index (χ1v) is 8.94. The van der Waals surface area contributed by atoms with Gasteiger partial charge in [-0.15, -0.1) is 0 Å². The number of nitriles is 1. The summed E-state index contributed by atoms with van der Waals surface area (Å²) in [7, 11) is 0. The van der Waals surface area contributed by atoms with Gasteiger partial charge in [0.15, 0.2) is 5.69 Å². The van der Waals surface area contributed by atoms with Crippen LogP contribution < -0.4 is 17.0 Å². The Kier molecular flexibility index (Phi) is 5.53. The van der Waals surface area contributed by atoms with Gasteiger partial charge in [-0.05, 0) is 35.9 Å². The fourth-order valence-corrected chi connectivity index (χ4v) is 3.25. The molecule has 0 aliphatic heterocycles. The number of carbonyl (C=O) groups is 1. The third-order valence-electron chi connectivity index (χ3n) is 4.71. The highest BCUT2D eigenvalue weighted by Crippen LogP contribution is 2.35. The number of primary amides is 1. The van der Waals surface area contributed by atoms with Crippen molar-refractivity contribution in [3.05, 3.63) is 86.8 Å². The van der Waals surface area contributed by atoms with Crippen molar-refractivity contribution in [1.82, 2.24) is 9.78 Å². The van der Waals surface area contributed by atoms with E-state index in [0.29, 0.717) is 0 Å². The summed E-state index contributed by atoms with van der Waals surface area (Å²) in [6.45, 7) is 1.44. The van der Waals surface area contributed by atoms with E-state index in [1.54, 1.807) is 24.3 Å². The van der Waals surface area contributed by atoms with Gasteiger partial charge in [-0.1, -0.05) is 25.1 Å². The number of alkyl halides is 3. The Labute approximate surface area is 174 Å². The number of carbonyl (C=O) groups excluding carboxylic acids is 1. The molecule has 2 aromatic carbocycles. The zero-order valence-electron chi connectivity index (χ0n) is 16.1. The van der Waals surface area contributed by atoms with Crippen LogP contribution in [0, 0.1) is 11.3 Å². The van der Waals surface area contributed by atoms with E-state index in [1.807, 2.05) is 0 Å². The van der Waals surface area contributed by atoms with Crippen LogP contribution in [-0.4, -0.2) is 15.7 Å². The molecule has 0 aliphatic rings. The van der Waals surface area contributed by atoms with Crippen molar-refractivity contribution in [3.63, 3.8) is 0 Å². The fourth-order valence-electron chi connectivity index (χ4n) is 3.25. The lowest BCUT2D eigenvalue weighted by atomic mass is 9.88. The fraction of sp³-hybridized carbons (Fsp3) is 0.143. The summed E-state index contributed by atoms with van der Waals surface area (Å²) in [5.41, 5.74) is 8.41. The average molecular weight is 427 g/mol. The van der Waals surface area contributed by atoms with Crippen LogP contribution in [0.5, 0.6) is 0 Å². The minimum Gasteiger partial charge on any atom is -0.399 e. The van der Waals surface area contributed by atoms with E-state index >= 15 is 0 Å². The number of nitrogens with zero attached hydrogens (tertiary/aromatic N) is 3. The topological polar surface area (TPSA) is 128 Å². The second-order valence-corrected chi connectivity index (χ2v) is 6.77. The summed E-state index contributed by atoms with van der Waals surface area (Å²) in [6, 6.07) is 12.7. The van der Waals surface area contributed by atoms with Crippen LogP contribution in [0.3, 0.4) is 0 Å². The number of hydrogen-bond acceptors (Lipinski definition) is 5. The molecule has 0 saturated heterocycles. The van der Waals surface area contributed by atoms with E-state index in [2.05, 4.69) is 5.10 Å². The van der Waals surface area contributed by atoms with E-state index in [1.165, 1.54) is 25.1 Å². The molecule has 0 radical (unpaired) electrons. The van der Waals surface area contributed by atoms with E-state index < -0.39 is 40.4 Å². The number of amides is 1. The zero-order valence-corrected chi connectivity index (χ0v) is 16.1. The molecule has 4 N–H and O–H groups in total. The predicted octanol–water partition coefficient (Wildman–Crippen LogP) is 2.96. The van der Waals surface area contributed by atoms with Crippen LogP contribution in [0.4, 0.5) is 18.9 Å². The number of anilines is 1. The summed E-state index contributed by atoms with van der Waals surface area (Å²) in [6.07, 6.45) is -4.66. The summed E-state index contributed by atoms with van der Waals surface area (Å²) >= 11 is 0. The van der Waals surface area contributed by atoms with Crippen molar-refractivity contribution in [1.29, 1.82) is 5.26 Å². The van der Waals surface area contributed by atoms with E-state index in [4.69, 9.17) is 11.5 Å². The lowest BCUT2D eigenvalue weighted by molar-refractivity contribution is -0.137. The molecule has 0 bridgehead atoms. The molecule has 31 heavy (non-hydrogen) atoms. The molecule has 0 unspecified atom stereocenters. The second kappa shape index (κ2) is 7.95. The molecule has 0 spiro atoms. The lowest BCUT2D eigenvalue weighted by Crippen LogP contribution is -2.31. The number of nitrogen functional groups attached to an aromatic ring is 1. The molecular formula is C21H16F3N5O2. The van der Waals surface area contributed by atoms with Gasteiger partial charge < -0.3 is 11.5 Å². The molecule has 1 aromatic heterocycles. The minimum absolute atomic E-state index is 0.0463. The largest absolute Gasteiger partial charge is 0.416 e. The first-order valence-electron chi connectivity index (χ1n) is 8.94. The Bertz CT molecular complexity index is 1260. The first-order chi connectivity index (χ1) is 14.5. The smallest absolute Gasteiger partial charge is 0.399 e. The SMILES string of the molecule is C[C@H](c1cc(N)cc(C(F)(F)F)c1)c1c(C(N)=O)nn(-c2ccccc2)c(=O)c1C#N. The number of halogens is 3. The maximum absolute atomic E-state index is 13.2. The van der Waals surface area contributed by atoms with E-state index in [-0.39, 0.29) is 22.5 Å². The molecule has 7 nitrogen and oxygen atoms in total. The maximum atomic E-state index is 13.2. The van der Waals surface area contributed by atoms with E-state index in [9.17, 15) is 28.0 Å². The van der Waals surface area contributed by atoms with Crippen molar-refractivity contribution in [2.75, 3.05) is 5.73 Å². The third-order valence-corrected chi connectivity index (χ3v) is 4.71. The van der Waals surface area contributed by atoms with Crippen LogP contribution >= 0.6 is 0 Å². The molecule has 0 saturated carbocycles. The summed E-state index contributed by atoms with van der Waals surface area (Å²) in [5, 5.41) is 13.7. The average Bonchev–Trinajstić information content (AvgIpc) is 2.72. The minimum atomic E-state index is -4.66. The highest BCUT2D eigenvalue weighted by molar-refractivity contribution is 5.93. The van der Waals surface area contributed by atoms with Crippen LogP contribution in [0.2, 0.25) is 0 Å². The van der Waals surface area contributed by atoms with Crippen molar-refractivity contribution >= 4 is 11.6 Å². The molecule has 3 rings (SSSR count). The van der Waals surface area contributed by atoms with Gasteiger partial charge in [0.25, 0.3) is 11.5 Å². The molecule has 3 aromatic rings. The molecule has 1 atom stereocenters. The summed E-state index contributed by atoms with van der Waals surface area (Å²) < 4.78 is 40.5. The zero-order chi connectivity index (χ0) is 22.9. The van der Waals surface area contributed by atoms with E-state index in [0.717, 1.165) is 16.8 Å². The van der Waals surface area contributed by atoms with Crippen molar-refractivity contribution < 1.29 is 18.0 Å². The van der Waals surface area contributed by atoms with Crippen molar-refractivity contribution in [2.24, 2.45) is 5.73 Å². The number of benzene rings is 2. The lowest BCUT2D eigenvalue weighted by Gasteiger charge is -2.19. The molecule has 10 heteroatoms. The summed E-state index contributed by atoms with van der Waals surface area (Å²) in [5.74, 6) is -2.05. The Morgan fingerprint density at radius 2 is 1.84 bits per heavy atom. The van der Waals surface area contributed by atoms with Gasteiger partial charge in [0, 0.05) is 17.2 Å².